The highest BCUT2D eigenvalue weighted by Crippen LogP contribution is 2.31. The van der Waals surface area contributed by atoms with Crippen LogP contribution in [0.15, 0.2) is 34.9 Å². The van der Waals surface area contributed by atoms with Crippen LogP contribution in [-0.2, 0) is 12.8 Å². The fourth-order valence-electron chi connectivity index (χ4n) is 3.00. The van der Waals surface area contributed by atoms with Gasteiger partial charge in [0.2, 0.25) is 5.89 Å². The molecule has 5 nitrogen and oxygen atoms in total. The summed E-state index contributed by atoms with van der Waals surface area (Å²) in [6.07, 6.45) is 2.18. The summed E-state index contributed by atoms with van der Waals surface area (Å²) in [4.78, 5) is 18.4. The smallest absolute Gasteiger partial charge is 0.416 e. The van der Waals surface area contributed by atoms with E-state index in [1.54, 1.807) is 4.90 Å². The first-order valence-corrected chi connectivity index (χ1v) is 8.97. The van der Waals surface area contributed by atoms with Crippen LogP contribution in [0, 0.1) is 0 Å². The molecule has 1 aromatic heterocycles. The Morgan fingerprint density at radius 2 is 1.85 bits per heavy atom. The number of rotatable bonds is 4. The van der Waals surface area contributed by atoms with E-state index >= 15 is 0 Å². The molecule has 3 rings (SSSR count). The number of oxazole rings is 1. The Labute approximate surface area is 155 Å². The predicted molar refractivity (Wildman–Crippen MR) is 91.3 cm³/mol. The molecule has 2 heterocycles. The fraction of sp³-hybridized carbons (Fsp3) is 0.474. The Morgan fingerprint density at radius 1 is 1.15 bits per heavy atom. The lowest BCUT2D eigenvalue weighted by Gasteiger charge is -2.23. The topological polar surface area (TPSA) is 55.6 Å². The molecule has 1 saturated heterocycles. The quantitative estimate of drug-likeness (QED) is 0.771. The van der Waals surface area contributed by atoms with Crippen LogP contribution in [-0.4, -0.2) is 28.9 Å². The van der Waals surface area contributed by atoms with Crippen LogP contribution in [0.2, 0.25) is 0 Å². The number of carbonyl (C=O) groups excluding carboxylic acids is 1. The first-order chi connectivity index (χ1) is 12.9. The van der Waals surface area contributed by atoms with E-state index in [0.717, 1.165) is 37.8 Å². The zero-order chi connectivity index (χ0) is 19.3. The number of carbonyl (C=O) groups is 1. The van der Waals surface area contributed by atoms with Crippen molar-refractivity contribution < 1.29 is 27.1 Å². The molecular formula is C19H21F3N2O3. The number of nitrogens with zero attached hydrogens (tertiary/aromatic N) is 2. The maximum atomic E-state index is 12.7. The second kappa shape index (κ2) is 8.45. The number of aromatic nitrogens is 1. The summed E-state index contributed by atoms with van der Waals surface area (Å²) in [7, 11) is 0. The average Bonchev–Trinajstić information content (AvgIpc) is 3.08. The van der Waals surface area contributed by atoms with Gasteiger partial charge in [-0.2, -0.15) is 13.2 Å². The third-order valence-corrected chi connectivity index (χ3v) is 4.44. The van der Waals surface area contributed by atoms with E-state index in [4.69, 9.17) is 9.15 Å². The summed E-state index contributed by atoms with van der Waals surface area (Å²) < 4.78 is 48.7. The highest BCUT2D eigenvalue weighted by molar-refractivity contribution is 5.92. The van der Waals surface area contributed by atoms with Crippen molar-refractivity contribution in [2.24, 2.45) is 0 Å². The third kappa shape index (κ3) is 5.24. The second-order valence-corrected chi connectivity index (χ2v) is 6.50. The summed E-state index contributed by atoms with van der Waals surface area (Å²) in [5, 5.41) is 0. The molecule has 0 spiro atoms. The van der Waals surface area contributed by atoms with Gasteiger partial charge in [0.25, 0.3) is 5.91 Å². The Bertz CT molecular complexity index is 766. The minimum Gasteiger partial charge on any atom is -0.484 e. The van der Waals surface area contributed by atoms with Crippen molar-refractivity contribution in [2.45, 2.75) is 44.9 Å². The van der Waals surface area contributed by atoms with Gasteiger partial charge in [0.05, 0.1) is 5.56 Å². The maximum Gasteiger partial charge on any atom is 0.416 e. The summed E-state index contributed by atoms with van der Waals surface area (Å²) >= 11 is 0. The number of amides is 1. The molecule has 0 atom stereocenters. The molecule has 1 aliphatic heterocycles. The van der Waals surface area contributed by atoms with E-state index in [1.807, 2.05) is 0 Å². The molecule has 1 amide bonds. The SMILES string of the molecule is O=C(c1coc(COc2cccc(C(F)(F)F)c2)n1)N1CCCCCCC1. The second-order valence-electron chi connectivity index (χ2n) is 6.50. The van der Waals surface area contributed by atoms with E-state index in [1.165, 1.54) is 24.8 Å². The maximum absolute atomic E-state index is 12.7. The molecule has 1 fully saturated rings. The van der Waals surface area contributed by atoms with Crippen LogP contribution in [0.1, 0.15) is 54.0 Å². The summed E-state index contributed by atoms with van der Waals surface area (Å²) in [5.41, 5.74) is -0.599. The molecule has 0 saturated carbocycles. The Morgan fingerprint density at radius 3 is 2.56 bits per heavy atom. The van der Waals surface area contributed by atoms with E-state index in [-0.39, 0.29) is 29.8 Å². The highest BCUT2D eigenvalue weighted by Gasteiger charge is 2.30. The predicted octanol–water partition coefficient (Wildman–Crippen LogP) is 4.68. The van der Waals surface area contributed by atoms with Gasteiger partial charge in [-0.1, -0.05) is 25.3 Å². The van der Waals surface area contributed by atoms with E-state index in [2.05, 4.69) is 4.98 Å². The third-order valence-electron chi connectivity index (χ3n) is 4.44. The van der Waals surface area contributed by atoms with Crippen molar-refractivity contribution in [3.8, 4) is 5.75 Å². The largest absolute Gasteiger partial charge is 0.484 e. The lowest BCUT2D eigenvalue weighted by Crippen LogP contribution is -2.34. The number of hydrogen-bond acceptors (Lipinski definition) is 4. The Hall–Kier alpha value is -2.51. The van der Waals surface area contributed by atoms with Crippen LogP contribution < -0.4 is 4.74 Å². The molecule has 146 valence electrons. The number of hydrogen-bond donors (Lipinski definition) is 0. The van der Waals surface area contributed by atoms with Crippen molar-refractivity contribution in [3.05, 3.63) is 47.7 Å². The number of alkyl halides is 3. The van der Waals surface area contributed by atoms with Crippen LogP contribution in [0.25, 0.3) is 0 Å². The van der Waals surface area contributed by atoms with Gasteiger partial charge in [-0.05, 0) is 31.0 Å². The van der Waals surface area contributed by atoms with Crippen molar-refractivity contribution >= 4 is 5.91 Å². The molecule has 1 aliphatic rings. The van der Waals surface area contributed by atoms with Crippen molar-refractivity contribution in [1.82, 2.24) is 9.88 Å². The van der Waals surface area contributed by atoms with Crippen LogP contribution in [0.5, 0.6) is 5.75 Å². The number of ether oxygens (including phenoxy) is 1. The van der Waals surface area contributed by atoms with Crippen LogP contribution in [0.4, 0.5) is 13.2 Å². The monoisotopic (exact) mass is 382 g/mol. The minimum absolute atomic E-state index is 0.0552. The van der Waals surface area contributed by atoms with Gasteiger partial charge in [0.1, 0.15) is 12.0 Å². The molecule has 2 aromatic rings. The first-order valence-electron chi connectivity index (χ1n) is 8.97. The first kappa shape index (κ1) is 19.3. The molecule has 1 aromatic carbocycles. The molecular weight excluding hydrogens is 361 g/mol. The minimum atomic E-state index is -4.44. The number of halogens is 3. The molecule has 0 bridgehead atoms. The highest BCUT2D eigenvalue weighted by atomic mass is 19.4. The van der Waals surface area contributed by atoms with Gasteiger partial charge in [0.15, 0.2) is 12.3 Å². The van der Waals surface area contributed by atoms with Gasteiger partial charge >= 0.3 is 6.18 Å². The number of benzene rings is 1. The van der Waals surface area contributed by atoms with E-state index < -0.39 is 11.7 Å². The van der Waals surface area contributed by atoms with Gasteiger partial charge in [-0.25, -0.2) is 4.98 Å². The van der Waals surface area contributed by atoms with E-state index in [0.29, 0.717) is 13.1 Å². The summed E-state index contributed by atoms with van der Waals surface area (Å²) in [6.45, 7) is 1.23. The van der Waals surface area contributed by atoms with Gasteiger partial charge < -0.3 is 14.1 Å². The molecule has 0 radical (unpaired) electrons. The molecule has 0 unspecified atom stereocenters. The molecule has 0 aliphatic carbocycles. The Balaban J connectivity index is 1.60. The van der Waals surface area contributed by atoms with Gasteiger partial charge in [0, 0.05) is 13.1 Å². The summed E-state index contributed by atoms with van der Waals surface area (Å²) in [5.74, 6) is 0.00782. The zero-order valence-corrected chi connectivity index (χ0v) is 14.8. The van der Waals surface area contributed by atoms with Gasteiger partial charge in [-0.3, -0.25) is 4.79 Å². The standard InChI is InChI=1S/C19H21F3N2O3/c20-19(21,22)14-7-6-8-15(11-14)26-13-17-23-16(12-27-17)18(25)24-9-4-2-1-3-5-10-24/h6-8,11-12H,1-5,9-10,13H2. The van der Waals surface area contributed by atoms with E-state index in [9.17, 15) is 18.0 Å². The molecule has 27 heavy (non-hydrogen) atoms. The molecule has 8 heteroatoms. The average molecular weight is 382 g/mol. The van der Waals surface area contributed by atoms with Gasteiger partial charge in [-0.15, -0.1) is 0 Å². The number of likely N-dealkylation sites (tertiary alicyclic amines) is 1. The lowest BCUT2D eigenvalue weighted by molar-refractivity contribution is -0.137. The Kier molecular flexibility index (Phi) is 6.03. The fourth-order valence-corrected chi connectivity index (χ4v) is 3.00. The van der Waals surface area contributed by atoms with Crippen LogP contribution >= 0.6 is 0 Å². The molecule has 0 N–H and O–H groups in total. The lowest BCUT2D eigenvalue weighted by atomic mass is 10.1. The van der Waals surface area contributed by atoms with Crippen molar-refractivity contribution in [1.29, 1.82) is 0 Å². The van der Waals surface area contributed by atoms with Crippen molar-refractivity contribution in [2.75, 3.05) is 13.1 Å². The zero-order valence-electron chi connectivity index (χ0n) is 14.8. The normalized spacial score (nSPS) is 15.9. The summed E-state index contributed by atoms with van der Waals surface area (Å²) in [6, 6.07) is 4.57. The van der Waals surface area contributed by atoms with Crippen molar-refractivity contribution in [3.63, 3.8) is 0 Å². The van der Waals surface area contributed by atoms with Crippen LogP contribution in [0.3, 0.4) is 0 Å².